The van der Waals surface area contributed by atoms with Crippen LogP contribution in [0, 0.1) is 0 Å². The van der Waals surface area contributed by atoms with Gasteiger partial charge in [-0.05, 0) is 12.5 Å². The maximum atomic E-state index is 11.9. The van der Waals surface area contributed by atoms with E-state index in [2.05, 4.69) is 4.90 Å². The number of carbonyl (C=O) groups is 1. The van der Waals surface area contributed by atoms with Crippen molar-refractivity contribution >= 4 is 6.09 Å². The van der Waals surface area contributed by atoms with E-state index in [0.29, 0.717) is 19.7 Å². The Morgan fingerprint density at radius 2 is 1.89 bits per heavy atom. The quantitative estimate of drug-likeness (QED) is 0.891. The molecule has 2 N–H and O–H groups in total. The molecule has 1 unspecified atom stereocenters. The van der Waals surface area contributed by atoms with Crippen LogP contribution < -0.4 is 5.73 Å². The number of nitrogens with two attached hydrogens (primary N) is 1. The summed E-state index contributed by atoms with van der Waals surface area (Å²) in [6.45, 7) is 5.25. The number of nitrogens with zero attached hydrogens (tertiary/aromatic N) is 2. The van der Waals surface area contributed by atoms with Crippen molar-refractivity contribution in [3.63, 3.8) is 0 Å². The van der Waals surface area contributed by atoms with E-state index in [1.807, 2.05) is 37.3 Å². The zero-order valence-corrected chi connectivity index (χ0v) is 11.3. The van der Waals surface area contributed by atoms with Gasteiger partial charge in [-0.3, -0.25) is 4.90 Å². The zero-order chi connectivity index (χ0) is 13.7. The van der Waals surface area contributed by atoms with Gasteiger partial charge in [0.1, 0.15) is 6.61 Å². The molecule has 1 heterocycles. The molecular formula is C14H21N3O2. The third-order valence-electron chi connectivity index (χ3n) is 3.35. The van der Waals surface area contributed by atoms with Gasteiger partial charge in [-0.1, -0.05) is 30.3 Å². The van der Waals surface area contributed by atoms with E-state index >= 15 is 0 Å². The minimum Gasteiger partial charge on any atom is -0.445 e. The second-order valence-corrected chi connectivity index (χ2v) is 4.80. The lowest BCUT2D eigenvalue weighted by Gasteiger charge is -2.36. The van der Waals surface area contributed by atoms with Gasteiger partial charge in [-0.15, -0.1) is 0 Å². The summed E-state index contributed by atoms with van der Waals surface area (Å²) in [6.07, 6.45) is -0.198. The van der Waals surface area contributed by atoms with Gasteiger partial charge in [0, 0.05) is 26.2 Å². The van der Waals surface area contributed by atoms with E-state index in [4.69, 9.17) is 10.5 Å². The van der Waals surface area contributed by atoms with Crippen molar-refractivity contribution in [1.29, 1.82) is 0 Å². The monoisotopic (exact) mass is 263 g/mol. The molecule has 0 spiro atoms. The third-order valence-corrected chi connectivity index (χ3v) is 3.35. The molecule has 1 atom stereocenters. The van der Waals surface area contributed by atoms with Crippen molar-refractivity contribution in [1.82, 2.24) is 9.80 Å². The van der Waals surface area contributed by atoms with Crippen LogP contribution in [0.3, 0.4) is 0 Å². The van der Waals surface area contributed by atoms with E-state index in [1.165, 1.54) is 0 Å². The second-order valence-electron chi connectivity index (χ2n) is 4.80. The molecule has 0 aromatic heterocycles. The summed E-state index contributed by atoms with van der Waals surface area (Å²) in [7, 11) is 0. The predicted octanol–water partition coefficient (Wildman–Crippen LogP) is 1.25. The molecule has 5 nitrogen and oxygen atoms in total. The maximum Gasteiger partial charge on any atom is 0.410 e. The first-order valence-electron chi connectivity index (χ1n) is 6.62. The highest BCUT2D eigenvalue weighted by molar-refractivity contribution is 5.67. The molecule has 1 aliphatic rings. The van der Waals surface area contributed by atoms with Crippen LogP contribution in [0.2, 0.25) is 0 Å². The average molecular weight is 263 g/mol. The summed E-state index contributed by atoms with van der Waals surface area (Å²) in [6, 6.07) is 9.70. The number of amides is 1. The molecule has 0 aliphatic carbocycles. The van der Waals surface area contributed by atoms with Crippen molar-refractivity contribution in [2.75, 3.05) is 26.2 Å². The summed E-state index contributed by atoms with van der Waals surface area (Å²) >= 11 is 0. The first-order chi connectivity index (χ1) is 9.16. The molecular weight excluding hydrogens is 242 g/mol. The molecule has 1 fully saturated rings. The lowest BCUT2D eigenvalue weighted by Crippen LogP contribution is -2.53. The van der Waals surface area contributed by atoms with Gasteiger partial charge in [0.2, 0.25) is 0 Å². The lowest BCUT2D eigenvalue weighted by molar-refractivity contribution is 0.0628. The molecule has 5 heteroatoms. The molecule has 1 aromatic rings. The van der Waals surface area contributed by atoms with Gasteiger partial charge < -0.3 is 15.4 Å². The van der Waals surface area contributed by atoms with Gasteiger partial charge in [0.25, 0.3) is 0 Å². The standard InChI is InChI=1S/C14H21N3O2/c1-12(15)16-7-9-17(10-8-16)14(18)19-11-13-5-3-2-4-6-13/h2-6,12H,7-11,15H2,1H3. The largest absolute Gasteiger partial charge is 0.445 e. The van der Waals surface area contributed by atoms with Gasteiger partial charge in [-0.25, -0.2) is 4.79 Å². The van der Waals surface area contributed by atoms with E-state index in [1.54, 1.807) is 4.90 Å². The molecule has 1 aromatic carbocycles. The van der Waals surface area contributed by atoms with Crippen molar-refractivity contribution in [3.05, 3.63) is 35.9 Å². The fraction of sp³-hybridized carbons (Fsp3) is 0.500. The van der Waals surface area contributed by atoms with E-state index in [9.17, 15) is 4.79 Å². The number of ether oxygens (including phenoxy) is 1. The molecule has 1 aliphatic heterocycles. The van der Waals surface area contributed by atoms with Crippen LogP contribution in [0.15, 0.2) is 30.3 Å². The van der Waals surface area contributed by atoms with Crippen LogP contribution in [-0.4, -0.2) is 48.2 Å². The molecule has 0 radical (unpaired) electrons. The number of piperazine rings is 1. The first kappa shape index (κ1) is 13.8. The van der Waals surface area contributed by atoms with Crippen LogP contribution in [0.4, 0.5) is 4.79 Å². The normalized spacial score (nSPS) is 18.1. The molecule has 1 saturated heterocycles. The number of rotatable bonds is 3. The van der Waals surface area contributed by atoms with Gasteiger partial charge in [-0.2, -0.15) is 0 Å². The minimum absolute atomic E-state index is 0.0440. The Hall–Kier alpha value is -1.59. The summed E-state index contributed by atoms with van der Waals surface area (Å²) in [5, 5.41) is 0. The molecule has 19 heavy (non-hydrogen) atoms. The smallest absolute Gasteiger partial charge is 0.410 e. The number of hydrogen-bond acceptors (Lipinski definition) is 4. The summed E-state index contributed by atoms with van der Waals surface area (Å²) in [5.74, 6) is 0. The van der Waals surface area contributed by atoms with Crippen molar-refractivity contribution in [3.8, 4) is 0 Å². The fourth-order valence-corrected chi connectivity index (χ4v) is 2.12. The van der Waals surface area contributed by atoms with E-state index in [0.717, 1.165) is 18.7 Å². The second kappa shape index (κ2) is 6.54. The Morgan fingerprint density at radius 1 is 1.26 bits per heavy atom. The average Bonchev–Trinajstić information content (AvgIpc) is 2.46. The molecule has 0 saturated carbocycles. The van der Waals surface area contributed by atoms with Crippen LogP contribution in [0.1, 0.15) is 12.5 Å². The number of carbonyl (C=O) groups excluding carboxylic acids is 1. The Labute approximate surface area is 113 Å². The topological polar surface area (TPSA) is 58.8 Å². The Kier molecular flexibility index (Phi) is 4.76. The number of hydrogen-bond donors (Lipinski definition) is 1. The van der Waals surface area contributed by atoms with Crippen molar-refractivity contribution < 1.29 is 9.53 Å². The Balaban J connectivity index is 1.76. The van der Waals surface area contributed by atoms with Crippen molar-refractivity contribution in [2.24, 2.45) is 5.73 Å². The number of benzene rings is 1. The van der Waals surface area contributed by atoms with E-state index in [-0.39, 0.29) is 12.3 Å². The van der Waals surface area contributed by atoms with Crippen LogP contribution in [0.5, 0.6) is 0 Å². The summed E-state index contributed by atoms with van der Waals surface area (Å²) in [5.41, 5.74) is 6.82. The Bertz CT molecular complexity index is 400. The van der Waals surface area contributed by atoms with Gasteiger partial charge in [0.15, 0.2) is 0 Å². The summed E-state index contributed by atoms with van der Waals surface area (Å²) in [4.78, 5) is 15.8. The third kappa shape index (κ3) is 3.94. The van der Waals surface area contributed by atoms with Crippen molar-refractivity contribution in [2.45, 2.75) is 19.7 Å². The lowest BCUT2D eigenvalue weighted by atomic mass is 10.2. The van der Waals surface area contributed by atoms with Crippen LogP contribution >= 0.6 is 0 Å². The summed E-state index contributed by atoms with van der Waals surface area (Å²) < 4.78 is 5.30. The van der Waals surface area contributed by atoms with Crippen LogP contribution in [-0.2, 0) is 11.3 Å². The van der Waals surface area contributed by atoms with E-state index < -0.39 is 0 Å². The van der Waals surface area contributed by atoms with Gasteiger partial charge >= 0.3 is 6.09 Å². The zero-order valence-electron chi connectivity index (χ0n) is 11.3. The Morgan fingerprint density at radius 3 is 2.47 bits per heavy atom. The minimum atomic E-state index is -0.242. The highest BCUT2D eigenvalue weighted by Gasteiger charge is 2.23. The molecule has 0 bridgehead atoms. The highest BCUT2D eigenvalue weighted by Crippen LogP contribution is 2.07. The fourth-order valence-electron chi connectivity index (χ4n) is 2.12. The highest BCUT2D eigenvalue weighted by atomic mass is 16.6. The van der Waals surface area contributed by atoms with Crippen LogP contribution in [0.25, 0.3) is 0 Å². The maximum absolute atomic E-state index is 11.9. The molecule has 2 rings (SSSR count). The first-order valence-corrected chi connectivity index (χ1v) is 6.62. The predicted molar refractivity (Wildman–Crippen MR) is 73.4 cm³/mol. The van der Waals surface area contributed by atoms with Gasteiger partial charge in [0.05, 0.1) is 6.17 Å². The molecule has 104 valence electrons. The SMILES string of the molecule is CC(N)N1CCN(C(=O)OCc2ccccc2)CC1. The molecule has 1 amide bonds.